The van der Waals surface area contributed by atoms with Gasteiger partial charge in [0, 0.05) is 4.88 Å². The summed E-state index contributed by atoms with van der Waals surface area (Å²) in [5.74, 6) is -0.702. The van der Waals surface area contributed by atoms with Crippen molar-refractivity contribution in [3.63, 3.8) is 0 Å². The zero-order chi connectivity index (χ0) is 14.0. The lowest BCUT2D eigenvalue weighted by Crippen LogP contribution is -2.12. The Morgan fingerprint density at radius 1 is 1.42 bits per heavy atom. The van der Waals surface area contributed by atoms with Gasteiger partial charge in [-0.2, -0.15) is 0 Å². The Hall–Kier alpha value is -2.08. The largest absolute Gasteiger partial charge is 0.478 e. The van der Waals surface area contributed by atoms with E-state index in [0.717, 1.165) is 11.3 Å². The highest BCUT2D eigenvalue weighted by Gasteiger charge is 2.18. The molecule has 0 saturated carbocycles. The van der Waals surface area contributed by atoms with Crippen molar-refractivity contribution in [2.75, 3.05) is 5.32 Å². The fourth-order valence-electron chi connectivity index (χ4n) is 1.59. The number of rotatable bonds is 4. The number of hydrogen-bond acceptors (Lipinski definition) is 4. The lowest BCUT2D eigenvalue weighted by molar-refractivity contribution is 0.0698. The molecule has 2 N–H and O–H groups in total. The molecule has 0 spiro atoms. The number of carboxylic acid groups (broad SMARTS) is 1. The zero-order valence-corrected chi connectivity index (χ0v) is 11.3. The maximum absolute atomic E-state index is 11.9. The summed E-state index contributed by atoms with van der Waals surface area (Å²) in [6, 6.07) is 4.81. The number of carbonyl (C=O) groups excluding carboxylic acids is 1. The molecule has 0 aromatic carbocycles. The Balaban J connectivity index is 2.25. The van der Waals surface area contributed by atoms with Gasteiger partial charge in [0.2, 0.25) is 0 Å². The van der Waals surface area contributed by atoms with Crippen LogP contribution in [0.4, 0.5) is 5.00 Å². The van der Waals surface area contributed by atoms with Crippen LogP contribution in [0.5, 0.6) is 0 Å². The summed E-state index contributed by atoms with van der Waals surface area (Å²) in [6.07, 6.45) is 0.723. The zero-order valence-electron chi connectivity index (χ0n) is 10.5. The minimum Gasteiger partial charge on any atom is -0.478 e. The Kier molecular flexibility index (Phi) is 3.71. The molecule has 0 aliphatic heterocycles. The summed E-state index contributed by atoms with van der Waals surface area (Å²) in [4.78, 5) is 23.9. The fraction of sp³-hybridized carbons (Fsp3) is 0.231. The quantitative estimate of drug-likeness (QED) is 0.901. The molecular formula is C13H13NO4S. The average molecular weight is 279 g/mol. The molecule has 5 nitrogen and oxygen atoms in total. The van der Waals surface area contributed by atoms with Crippen LogP contribution in [0.15, 0.2) is 22.6 Å². The van der Waals surface area contributed by atoms with Gasteiger partial charge in [0.1, 0.15) is 10.8 Å². The van der Waals surface area contributed by atoms with Crippen molar-refractivity contribution < 1.29 is 19.1 Å². The average Bonchev–Trinajstić information content (AvgIpc) is 2.95. The van der Waals surface area contributed by atoms with E-state index in [4.69, 9.17) is 9.52 Å². The second-order valence-corrected chi connectivity index (χ2v) is 5.12. The van der Waals surface area contributed by atoms with Crippen molar-refractivity contribution in [3.8, 4) is 0 Å². The van der Waals surface area contributed by atoms with Crippen molar-refractivity contribution in [1.82, 2.24) is 0 Å². The van der Waals surface area contributed by atoms with Crippen LogP contribution in [0.3, 0.4) is 0 Å². The molecule has 0 bridgehead atoms. The van der Waals surface area contributed by atoms with Crippen LogP contribution in [0.1, 0.15) is 38.5 Å². The lowest BCUT2D eigenvalue weighted by atomic mass is 10.2. The molecule has 0 atom stereocenters. The number of anilines is 1. The molecule has 0 radical (unpaired) electrons. The molecule has 2 rings (SSSR count). The molecule has 2 aromatic heterocycles. The van der Waals surface area contributed by atoms with Gasteiger partial charge in [-0.3, -0.25) is 4.79 Å². The number of carbonyl (C=O) groups is 2. The van der Waals surface area contributed by atoms with E-state index in [1.807, 2.05) is 6.92 Å². The van der Waals surface area contributed by atoms with E-state index in [2.05, 4.69) is 5.32 Å². The van der Waals surface area contributed by atoms with Gasteiger partial charge < -0.3 is 14.8 Å². The smallest absolute Gasteiger partial charge is 0.338 e. The van der Waals surface area contributed by atoms with Crippen molar-refractivity contribution in [1.29, 1.82) is 0 Å². The maximum atomic E-state index is 11.9. The Labute approximate surface area is 113 Å². The highest BCUT2D eigenvalue weighted by Crippen LogP contribution is 2.29. The second-order valence-electron chi connectivity index (χ2n) is 3.98. The normalized spacial score (nSPS) is 10.4. The van der Waals surface area contributed by atoms with Gasteiger partial charge >= 0.3 is 5.97 Å². The molecule has 1 amide bonds. The van der Waals surface area contributed by atoms with Gasteiger partial charge in [-0.1, -0.05) is 6.92 Å². The van der Waals surface area contributed by atoms with E-state index in [0.29, 0.717) is 10.8 Å². The van der Waals surface area contributed by atoms with Crippen LogP contribution in [0.2, 0.25) is 0 Å². The summed E-state index contributed by atoms with van der Waals surface area (Å²) >= 11 is 1.26. The number of hydrogen-bond donors (Lipinski definition) is 2. The van der Waals surface area contributed by atoms with E-state index in [-0.39, 0.29) is 11.3 Å². The van der Waals surface area contributed by atoms with Gasteiger partial charge in [-0.05, 0) is 31.5 Å². The molecule has 0 aliphatic carbocycles. The second kappa shape index (κ2) is 5.27. The molecule has 100 valence electrons. The molecular weight excluding hydrogens is 266 g/mol. The van der Waals surface area contributed by atoms with Crippen LogP contribution in [-0.2, 0) is 6.42 Å². The monoisotopic (exact) mass is 279 g/mol. The minimum absolute atomic E-state index is 0.110. The third-order valence-corrected chi connectivity index (χ3v) is 3.75. The van der Waals surface area contributed by atoms with Crippen LogP contribution < -0.4 is 5.32 Å². The summed E-state index contributed by atoms with van der Waals surface area (Å²) in [6.45, 7) is 3.67. The summed E-state index contributed by atoms with van der Waals surface area (Å²) in [5.41, 5.74) is 0.110. The number of aromatic carboxylic acids is 1. The van der Waals surface area contributed by atoms with Crippen molar-refractivity contribution in [3.05, 3.63) is 40.2 Å². The minimum atomic E-state index is -1.05. The number of furan rings is 1. The Morgan fingerprint density at radius 3 is 2.68 bits per heavy atom. The van der Waals surface area contributed by atoms with Gasteiger partial charge in [-0.25, -0.2) is 4.79 Å². The van der Waals surface area contributed by atoms with Gasteiger partial charge in [0.15, 0.2) is 5.76 Å². The van der Waals surface area contributed by atoms with Crippen LogP contribution in [-0.4, -0.2) is 17.0 Å². The highest BCUT2D eigenvalue weighted by atomic mass is 32.1. The Morgan fingerprint density at radius 2 is 2.16 bits per heavy atom. The number of aryl methyl sites for hydroxylation is 2. The first-order chi connectivity index (χ1) is 9.01. The molecule has 19 heavy (non-hydrogen) atoms. The maximum Gasteiger partial charge on any atom is 0.338 e. The molecule has 0 fully saturated rings. The van der Waals surface area contributed by atoms with Crippen molar-refractivity contribution in [2.45, 2.75) is 20.3 Å². The lowest BCUT2D eigenvalue weighted by Gasteiger charge is -2.01. The van der Waals surface area contributed by atoms with Gasteiger partial charge in [0.05, 0.1) is 5.56 Å². The van der Waals surface area contributed by atoms with Crippen molar-refractivity contribution in [2.24, 2.45) is 0 Å². The number of thiophene rings is 1. The van der Waals surface area contributed by atoms with E-state index in [1.54, 1.807) is 25.1 Å². The van der Waals surface area contributed by atoms with E-state index < -0.39 is 11.9 Å². The third-order valence-electron chi connectivity index (χ3n) is 2.55. The van der Waals surface area contributed by atoms with E-state index in [9.17, 15) is 9.59 Å². The first-order valence-corrected chi connectivity index (χ1v) is 6.56. The fourth-order valence-corrected chi connectivity index (χ4v) is 2.57. The van der Waals surface area contributed by atoms with Crippen LogP contribution in [0.25, 0.3) is 0 Å². The highest BCUT2D eigenvalue weighted by molar-refractivity contribution is 7.16. The summed E-state index contributed by atoms with van der Waals surface area (Å²) < 4.78 is 5.20. The number of nitrogens with one attached hydrogen (secondary N) is 1. The van der Waals surface area contributed by atoms with Crippen LogP contribution >= 0.6 is 11.3 Å². The predicted molar refractivity (Wildman–Crippen MR) is 72.1 cm³/mol. The number of amides is 1. The van der Waals surface area contributed by atoms with Crippen molar-refractivity contribution >= 4 is 28.2 Å². The molecule has 2 aromatic rings. The topological polar surface area (TPSA) is 79.5 Å². The molecule has 2 heterocycles. The Bertz CT molecular complexity index is 626. The van der Waals surface area contributed by atoms with Gasteiger partial charge in [0.25, 0.3) is 5.91 Å². The SMILES string of the molecule is CCc1cc(C(=O)O)c(NC(=O)c2ccc(C)o2)s1. The first kappa shape index (κ1) is 13.4. The van der Waals surface area contributed by atoms with Crippen LogP contribution in [0, 0.1) is 6.92 Å². The first-order valence-electron chi connectivity index (χ1n) is 5.75. The molecule has 0 unspecified atom stereocenters. The molecule has 6 heteroatoms. The standard InChI is InChI=1S/C13H13NO4S/c1-3-8-6-9(13(16)17)12(19-8)14-11(15)10-5-4-7(2)18-10/h4-6H,3H2,1-2H3,(H,14,15)(H,16,17). The number of carboxylic acids is 1. The molecule has 0 saturated heterocycles. The van der Waals surface area contributed by atoms with E-state index >= 15 is 0 Å². The molecule has 0 aliphatic rings. The van der Waals surface area contributed by atoms with Gasteiger partial charge in [-0.15, -0.1) is 11.3 Å². The predicted octanol–water partition coefficient (Wildman–Crippen LogP) is 3.16. The van der Waals surface area contributed by atoms with E-state index in [1.165, 1.54) is 11.3 Å². The third kappa shape index (κ3) is 2.85. The summed E-state index contributed by atoms with van der Waals surface area (Å²) in [5, 5.41) is 12.0. The summed E-state index contributed by atoms with van der Waals surface area (Å²) in [7, 11) is 0.